The zero-order valence-corrected chi connectivity index (χ0v) is 15.8. The number of esters is 1. The highest BCUT2D eigenvalue weighted by Crippen LogP contribution is 2.25. The zero-order chi connectivity index (χ0) is 18.1. The van der Waals surface area contributed by atoms with Crippen molar-refractivity contribution in [3.63, 3.8) is 0 Å². The summed E-state index contributed by atoms with van der Waals surface area (Å²) in [6.45, 7) is 1.81. The molecule has 0 aliphatic carbocycles. The predicted octanol–water partition coefficient (Wildman–Crippen LogP) is 1.55. The Morgan fingerprint density at radius 2 is 2.12 bits per heavy atom. The van der Waals surface area contributed by atoms with Crippen LogP contribution < -0.4 is 10.6 Å². The van der Waals surface area contributed by atoms with E-state index in [9.17, 15) is 14.4 Å². The van der Waals surface area contributed by atoms with Crippen LogP contribution in [-0.2, 0) is 25.5 Å². The summed E-state index contributed by atoms with van der Waals surface area (Å²) in [4.78, 5) is 35.6. The van der Waals surface area contributed by atoms with E-state index < -0.39 is 5.97 Å². The number of anilines is 1. The number of nitrogens with zero attached hydrogens (tertiary/aromatic N) is 2. The summed E-state index contributed by atoms with van der Waals surface area (Å²) in [5, 5.41) is 15.2. The lowest BCUT2D eigenvalue weighted by Gasteiger charge is -2.03. The number of hydrogen-bond donors (Lipinski definition) is 2. The molecular weight excluding hydrogens is 384 g/mol. The van der Waals surface area contributed by atoms with Gasteiger partial charge < -0.3 is 15.4 Å². The molecule has 8 nitrogen and oxygen atoms in total. The SMILES string of the molecule is CCOC(=O)CNC(=O)CSc1nnc(NC(=O)Cc2cccs2)s1. The number of hydrogen-bond acceptors (Lipinski definition) is 9. The summed E-state index contributed by atoms with van der Waals surface area (Å²) in [5.41, 5.74) is 0. The van der Waals surface area contributed by atoms with Crippen LogP contribution in [-0.4, -0.2) is 46.9 Å². The highest BCUT2D eigenvalue weighted by atomic mass is 32.2. The second kappa shape index (κ2) is 10.1. The highest BCUT2D eigenvalue weighted by Gasteiger charge is 2.12. The molecule has 0 aliphatic heterocycles. The Morgan fingerprint density at radius 3 is 2.84 bits per heavy atom. The molecule has 0 aromatic carbocycles. The van der Waals surface area contributed by atoms with E-state index in [1.165, 1.54) is 34.4 Å². The number of carbonyl (C=O) groups excluding carboxylic acids is 3. The summed E-state index contributed by atoms with van der Waals surface area (Å²) in [7, 11) is 0. The molecule has 11 heteroatoms. The number of aromatic nitrogens is 2. The van der Waals surface area contributed by atoms with Crippen LogP contribution in [0.5, 0.6) is 0 Å². The number of rotatable bonds is 9. The van der Waals surface area contributed by atoms with E-state index in [1.54, 1.807) is 6.92 Å². The highest BCUT2D eigenvalue weighted by molar-refractivity contribution is 8.01. The molecule has 0 spiro atoms. The van der Waals surface area contributed by atoms with Gasteiger partial charge in [0.2, 0.25) is 16.9 Å². The van der Waals surface area contributed by atoms with Crippen LogP contribution in [0, 0.1) is 0 Å². The molecule has 2 rings (SSSR count). The molecule has 2 N–H and O–H groups in total. The Kier molecular flexibility index (Phi) is 7.82. The van der Waals surface area contributed by atoms with Gasteiger partial charge >= 0.3 is 5.97 Å². The summed E-state index contributed by atoms with van der Waals surface area (Å²) >= 11 is 3.88. The van der Waals surface area contributed by atoms with Crippen LogP contribution in [0.1, 0.15) is 11.8 Å². The Hall–Kier alpha value is -1.98. The van der Waals surface area contributed by atoms with Gasteiger partial charge in [-0.05, 0) is 18.4 Å². The van der Waals surface area contributed by atoms with E-state index in [2.05, 4.69) is 20.8 Å². The van der Waals surface area contributed by atoms with Crippen LogP contribution in [0.2, 0.25) is 0 Å². The molecule has 0 bridgehead atoms. The fourth-order valence-electron chi connectivity index (χ4n) is 1.61. The van der Waals surface area contributed by atoms with E-state index in [4.69, 9.17) is 4.74 Å². The van der Waals surface area contributed by atoms with Crippen molar-refractivity contribution in [2.45, 2.75) is 17.7 Å². The standard InChI is InChI=1S/C14H16N4O4S3/c1-2-22-12(21)7-15-11(20)8-24-14-18-17-13(25-14)16-10(19)6-9-4-3-5-23-9/h3-5H,2,6-8H2,1H3,(H,15,20)(H,16,17,19). The lowest BCUT2D eigenvalue weighted by atomic mass is 10.3. The summed E-state index contributed by atoms with van der Waals surface area (Å²) in [6, 6.07) is 3.78. The van der Waals surface area contributed by atoms with Crippen molar-refractivity contribution in [2.75, 3.05) is 24.2 Å². The molecule has 0 saturated carbocycles. The minimum absolute atomic E-state index is 0.0944. The van der Waals surface area contributed by atoms with Gasteiger partial charge in [0.25, 0.3) is 0 Å². The number of thioether (sulfide) groups is 1. The van der Waals surface area contributed by atoms with Crippen LogP contribution in [0.4, 0.5) is 5.13 Å². The summed E-state index contributed by atoms with van der Waals surface area (Å²) < 4.78 is 5.27. The fraction of sp³-hybridized carbons (Fsp3) is 0.357. The second-order valence-electron chi connectivity index (χ2n) is 4.55. The molecule has 0 atom stereocenters. The van der Waals surface area contributed by atoms with Crippen molar-refractivity contribution < 1.29 is 19.1 Å². The van der Waals surface area contributed by atoms with Crippen molar-refractivity contribution in [1.29, 1.82) is 0 Å². The van der Waals surface area contributed by atoms with Crippen molar-refractivity contribution in [3.8, 4) is 0 Å². The third-order valence-electron chi connectivity index (χ3n) is 2.63. The first-order valence-electron chi connectivity index (χ1n) is 7.27. The van der Waals surface area contributed by atoms with E-state index in [1.807, 2.05) is 17.5 Å². The van der Waals surface area contributed by atoms with Gasteiger partial charge in [-0.3, -0.25) is 14.4 Å². The molecule has 134 valence electrons. The maximum atomic E-state index is 11.9. The van der Waals surface area contributed by atoms with Gasteiger partial charge in [-0.2, -0.15) is 0 Å². The Morgan fingerprint density at radius 1 is 1.28 bits per heavy atom. The monoisotopic (exact) mass is 400 g/mol. The van der Waals surface area contributed by atoms with Crippen molar-refractivity contribution in [3.05, 3.63) is 22.4 Å². The molecule has 0 aliphatic rings. The van der Waals surface area contributed by atoms with E-state index in [0.717, 1.165) is 4.88 Å². The largest absolute Gasteiger partial charge is 0.465 e. The van der Waals surface area contributed by atoms with E-state index in [-0.39, 0.29) is 37.1 Å². The quantitative estimate of drug-likeness (QED) is 0.373. The molecule has 0 radical (unpaired) electrons. The number of amides is 2. The lowest BCUT2D eigenvalue weighted by Crippen LogP contribution is -2.31. The summed E-state index contributed by atoms with van der Waals surface area (Å²) in [6.07, 6.45) is 0.288. The van der Waals surface area contributed by atoms with Gasteiger partial charge in [0.15, 0.2) is 4.34 Å². The second-order valence-corrected chi connectivity index (χ2v) is 7.78. The van der Waals surface area contributed by atoms with Gasteiger partial charge in [0, 0.05) is 4.88 Å². The van der Waals surface area contributed by atoms with E-state index in [0.29, 0.717) is 9.47 Å². The average molecular weight is 401 g/mol. The van der Waals surface area contributed by atoms with Crippen LogP contribution in [0.3, 0.4) is 0 Å². The number of thiophene rings is 1. The first-order valence-corrected chi connectivity index (χ1v) is 9.96. The van der Waals surface area contributed by atoms with Gasteiger partial charge in [-0.25, -0.2) is 0 Å². The third kappa shape index (κ3) is 7.20. The van der Waals surface area contributed by atoms with Crippen LogP contribution in [0.25, 0.3) is 0 Å². The number of nitrogens with one attached hydrogen (secondary N) is 2. The average Bonchev–Trinajstić information content (AvgIpc) is 3.23. The zero-order valence-electron chi connectivity index (χ0n) is 13.3. The minimum Gasteiger partial charge on any atom is -0.465 e. The molecule has 0 fully saturated rings. The van der Waals surface area contributed by atoms with Gasteiger partial charge in [-0.15, -0.1) is 21.5 Å². The van der Waals surface area contributed by atoms with E-state index >= 15 is 0 Å². The summed E-state index contributed by atoms with van der Waals surface area (Å²) in [5.74, 6) is -0.858. The maximum Gasteiger partial charge on any atom is 0.325 e. The van der Waals surface area contributed by atoms with Crippen LogP contribution >= 0.6 is 34.4 Å². The molecular formula is C14H16N4O4S3. The third-order valence-corrected chi connectivity index (χ3v) is 5.48. The number of ether oxygens (including phenoxy) is 1. The maximum absolute atomic E-state index is 11.9. The first kappa shape index (κ1) is 19.3. The molecule has 2 aromatic rings. The minimum atomic E-state index is -0.479. The first-order chi connectivity index (χ1) is 12.1. The molecule has 0 saturated heterocycles. The van der Waals surface area contributed by atoms with Gasteiger partial charge in [0.05, 0.1) is 18.8 Å². The molecule has 2 amide bonds. The normalized spacial score (nSPS) is 10.3. The smallest absolute Gasteiger partial charge is 0.325 e. The van der Waals surface area contributed by atoms with Gasteiger partial charge in [-0.1, -0.05) is 29.2 Å². The van der Waals surface area contributed by atoms with Gasteiger partial charge in [0.1, 0.15) is 6.54 Å². The van der Waals surface area contributed by atoms with Crippen LogP contribution in [0.15, 0.2) is 21.9 Å². The fourth-order valence-corrected chi connectivity index (χ4v) is 3.92. The van der Waals surface area contributed by atoms with Crippen molar-refractivity contribution in [1.82, 2.24) is 15.5 Å². The van der Waals surface area contributed by atoms with Crippen molar-refractivity contribution >= 4 is 57.4 Å². The molecule has 2 heterocycles. The number of carbonyl (C=O) groups is 3. The predicted molar refractivity (Wildman–Crippen MR) is 96.9 cm³/mol. The molecule has 25 heavy (non-hydrogen) atoms. The Balaban J connectivity index is 1.71. The lowest BCUT2D eigenvalue weighted by molar-refractivity contribution is -0.143. The molecule has 2 aromatic heterocycles. The Labute approximate surface area is 156 Å². The Bertz CT molecular complexity index is 717. The van der Waals surface area contributed by atoms with Crippen molar-refractivity contribution in [2.24, 2.45) is 0 Å². The topological polar surface area (TPSA) is 110 Å². The molecule has 0 unspecified atom stereocenters.